The van der Waals surface area contributed by atoms with Gasteiger partial charge in [0.1, 0.15) is 5.75 Å². The molecule has 1 aromatic carbocycles. The Labute approximate surface area is 103 Å². The molecule has 1 fully saturated rings. The molecule has 2 nitrogen and oxygen atoms in total. The summed E-state index contributed by atoms with van der Waals surface area (Å²) in [5.41, 5.74) is 8.09. The Morgan fingerprint density at radius 2 is 2.12 bits per heavy atom. The summed E-state index contributed by atoms with van der Waals surface area (Å²) in [6.07, 6.45) is 9.40. The second-order valence-corrected chi connectivity index (χ2v) is 4.62. The minimum atomic E-state index is 0.566. The molecule has 92 valence electrons. The summed E-state index contributed by atoms with van der Waals surface area (Å²) in [7, 11) is 1.71. The van der Waals surface area contributed by atoms with E-state index in [0.29, 0.717) is 6.54 Å². The Morgan fingerprint density at radius 1 is 1.35 bits per heavy atom. The van der Waals surface area contributed by atoms with Crippen molar-refractivity contribution in [1.82, 2.24) is 0 Å². The fourth-order valence-corrected chi connectivity index (χ4v) is 2.59. The van der Waals surface area contributed by atoms with Crippen molar-refractivity contribution in [1.29, 1.82) is 0 Å². The van der Waals surface area contributed by atoms with Gasteiger partial charge in [-0.1, -0.05) is 31.1 Å². The van der Waals surface area contributed by atoms with E-state index in [2.05, 4.69) is 24.3 Å². The molecule has 2 rings (SSSR count). The Kier molecular flexibility index (Phi) is 4.21. The largest absolute Gasteiger partial charge is 0.496 e. The third kappa shape index (κ3) is 2.89. The minimum Gasteiger partial charge on any atom is -0.496 e. The third-order valence-electron chi connectivity index (χ3n) is 3.51. The van der Waals surface area contributed by atoms with Crippen LogP contribution in [0.15, 0.2) is 24.3 Å². The van der Waals surface area contributed by atoms with Crippen LogP contribution in [0.3, 0.4) is 0 Å². The molecule has 0 spiro atoms. The lowest BCUT2D eigenvalue weighted by Crippen LogP contribution is -1.96. The van der Waals surface area contributed by atoms with Gasteiger partial charge in [-0.3, -0.25) is 0 Å². The summed E-state index contributed by atoms with van der Waals surface area (Å²) in [5, 5.41) is 0. The maximum Gasteiger partial charge on any atom is 0.126 e. The molecule has 0 radical (unpaired) electrons. The topological polar surface area (TPSA) is 35.2 Å². The van der Waals surface area contributed by atoms with Crippen LogP contribution < -0.4 is 10.5 Å². The van der Waals surface area contributed by atoms with Crippen molar-refractivity contribution >= 4 is 6.08 Å². The van der Waals surface area contributed by atoms with E-state index in [-0.39, 0.29) is 0 Å². The smallest absolute Gasteiger partial charge is 0.126 e. The fraction of sp³-hybridized carbons (Fsp3) is 0.467. The van der Waals surface area contributed by atoms with E-state index in [1.54, 1.807) is 7.11 Å². The number of benzene rings is 1. The van der Waals surface area contributed by atoms with Gasteiger partial charge in [-0.2, -0.15) is 0 Å². The molecule has 1 aliphatic carbocycles. The molecule has 17 heavy (non-hydrogen) atoms. The van der Waals surface area contributed by atoms with Crippen molar-refractivity contribution in [2.75, 3.05) is 13.7 Å². The number of hydrogen-bond acceptors (Lipinski definition) is 2. The van der Waals surface area contributed by atoms with Crippen LogP contribution in [0.2, 0.25) is 0 Å². The maximum absolute atomic E-state index is 5.50. The van der Waals surface area contributed by atoms with Crippen LogP contribution in [-0.2, 0) is 0 Å². The second-order valence-electron chi connectivity index (χ2n) is 4.62. The van der Waals surface area contributed by atoms with Gasteiger partial charge in [0.25, 0.3) is 0 Å². The first kappa shape index (κ1) is 12.2. The molecular formula is C15H21NO. The average Bonchev–Trinajstić information content (AvgIpc) is 2.89. The number of nitrogens with two attached hydrogens (primary N) is 1. The zero-order valence-electron chi connectivity index (χ0n) is 10.5. The molecule has 0 bridgehead atoms. The Bertz CT molecular complexity index is 392. The van der Waals surface area contributed by atoms with Gasteiger partial charge >= 0.3 is 0 Å². The second kappa shape index (κ2) is 5.87. The molecule has 0 unspecified atom stereocenters. The first-order chi connectivity index (χ1) is 8.35. The van der Waals surface area contributed by atoms with E-state index < -0.39 is 0 Å². The molecule has 1 saturated carbocycles. The summed E-state index contributed by atoms with van der Waals surface area (Å²) in [5.74, 6) is 1.67. The predicted molar refractivity (Wildman–Crippen MR) is 72.3 cm³/mol. The SMILES string of the molecule is COc1ccc(C2CCCC2)cc1/C=C/CN. The Hall–Kier alpha value is -1.28. The summed E-state index contributed by atoms with van der Waals surface area (Å²) in [6, 6.07) is 6.53. The highest BCUT2D eigenvalue weighted by molar-refractivity contribution is 5.59. The number of hydrogen-bond donors (Lipinski definition) is 1. The number of ether oxygens (including phenoxy) is 1. The molecule has 0 atom stereocenters. The maximum atomic E-state index is 5.50. The molecule has 1 aromatic rings. The molecule has 1 aliphatic rings. The van der Waals surface area contributed by atoms with Gasteiger partial charge in [-0.25, -0.2) is 0 Å². The zero-order chi connectivity index (χ0) is 12.1. The van der Waals surface area contributed by atoms with E-state index in [0.717, 1.165) is 17.2 Å². The predicted octanol–water partition coefficient (Wildman–Crippen LogP) is 3.32. The first-order valence-electron chi connectivity index (χ1n) is 6.39. The molecule has 0 aromatic heterocycles. The van der Waals surface area contributed by atoms with Gasteiger partial charge in [-0.05, 0) is 36.5 Å². The molecule has 0 heterocycles. The van der Waals surface area contributed by atoms with Crippen LogP contribution in [0.25, 0.3) is 6.08 Å². The van der Waals surface area contributed by atoms with E-state index in [9.17, 15) is 0 Å². The number of methoxy groups -OCH3 is 1. The summed E-state index contributed by atoms with van der Waals surface area (Å²) >= 11 is 0. The standard InChI is InChI=1S/C15H21NO/c1-17-15-9-8-13(12-5-2-3-6-12)11-14(15)7-4-10-16/h4,7-9,11-12H,2-3,5-6,10,16H2,1H3/b7-4+. The van der Waals surface area contributed by atoms with Crippen molar-refractivity contribution in [2.45, 2.75) is 31.6 Å². The summed E-state index contributed by atoms with van der Waals surface area (Å²) < 4.78 is 5.37. The molecule has 2 N–H and O–H groups in total. The highest BCUT2D eigenvalue weighted by Gasteiger charge is 2.17. The van der Waals surface area contributed by atoms with Crippen LogP contribution in [0.4, 0.5) is 0 Å². The van der Waals surface area contributed by atoms with Crippen LogP contribution in [0.1, 0.15) is 42.7 Å². The fourth-order valence-electron chi connectivity index (χ4n) is 2.59. The van der Waals surface area contributed by atoms with Gasteiger partial charge in [0.15, 0.2) is 0 Å². The van der Waals surface area contributed by atoms with E-state index in [1.807, 2.05) is 6.08 Å². The average molecular weight is 231 g/mol. The van der Waals surface area contributed by atoms with Crippen LogP contribution in [0.5, 0.6) is 5.75 Å². The van der Waals surface area contributed by atoms with Crippen molar-refractivity contribution in [3.8, 4) is 5.75 Å². The van der Waals surface area contributed by atoms with Gasteiger partial charge < -0.3 is 10.5 Å². The molecular weight excluding hydrogens is 210 g/mol. The van der Waals surface area contributed by atoms with Crippen molar-refractivity contribution in [3.63, 3.8) is 0 Å². The van der Waals surface area contributed by atoms with Crippen molar-refractivity contribution in [2.24, 2.45) is 5.73 Å². The van der Waals surface area contributed by atoms with E-state index in [4.69, 9.17) is 10.5 Å². The minimum absolute atomic E-state index is 0.566. The molecule has 0 saturated heterocycles. The summed E-state index contributed by atoms with van der Waals surface area (Å²) in [6.45, 7) is 0.566. The normalized spacial score (nSPS) is 16.8. The van der Waals surface area contributed by atoms with E-state index in [1.165, 1.54) is 31.2 Å². The molecule has 0 amide bonds. The van der Waals surface area contributed by atoms with Gasteiger partial charge in [0.05, 0.1) is 7.11 Å². The molecule has 2 heteroatoms. The number of rotatable bonds is 4. The Balaban J connectivity index is 2.26. The Morgan fingerprint density at radius 3 is 2.76 bits per heavy atom. The first-order valence-corrected chi connectivity index (χ1v) is 6.39. The lowest BCUT2D eigenvalue weighted by Gasteiger charge is -2.12. The summed E-state index contributed by atoms with van der Waals surface area (Å²) in [4.78, 5) is 0. The van der Waals surface area contributed by atoms with Crippen LogP contribution in [0, 0.1) is 0 Å². The van der Waals surface area contributed by atoms with Gasteiger partial charge in [-0.15, -0.1) is 0 Å². The quantitative estimate of drug-likeness (QED) is 0.862. The molecule has 0 aliphatic heterocycles. The van der Waals surface area contributed by atoms with Crippen molar-refractivity contribution < 1.29 is 4.74 Å². The van der Waals surface area contributed by atoms with Gasteiger partial charge in [0, 0.05) is 12.1 Å². The van der Waals surface area contributed by atoms with Gasteiger partial charge in [0.2, 0.25) is 0 Å². The van der Waals surface area contributed by atoms with Crippen LogP contribution >= 0.6 is 0 Å². The monoisotopic (exact) mass is 231 g/mol. The lowest BCUT2D eigenvalue weighted by molar-refractivity contribution is 0.413. The van der Waals surface area contributed by atoms with Crippen molar-refractivity contribution in [3.05, 3.63) is 35.4 Å². The highest BCUT2D eigenvalue weighted by Crippen LogP contribution is 2.36. The van der Waals surface area contributed by atoms with E-state index >= 15 is 0 Å². The highest BCUT2D eigenvalue weighted by atomic mass is 16.5. The zero-order valence-corrected chi connectivity index (χ0v) is 10.5. The lowest BCUT2D eigenvalue weighted by atomic mass is 9.95. The third-order valence-corrected chi connectivity index (χ3v) is 3.51. The van der Waals surface area contributed by atoms with Crippen LogP contribution in [-0.4, -0.2) is 13.7 Å².